The maximum atomic E-state index is 14.6. The van der Waals surface area contributed by atoms with Crippen LogP contribution < -0.4 is 9.83 Å². The molecule has 2 aromatic carbocycles. The minimum absolute atomic E-state index is 0.0239. The van der Waals surface area contributed by atoms with E-state index in [1.54, 1.807) is 0 Å². The van der Waals surface area contributed by atoms with Crippen LogP contribution in [-0.4, -0.2) is 44.1 Å². The number of aryl methyl sites for hydroxylation is 1. The van der Waals surface area contributed by atoms with Gasteiger partial charge in [-0.25, -0.2) is 8.42 Å². The molecule has 0 aliphatic carbocycles. The van der Waals surface area contributed by atoms with Gasteiger partial charge in [0.05, 0.1) is 34.9 Å². The number of allylic oxidation sites excluding steroid dienone is 3. The van der Waals surface area contributed by atoms with Crippen molar-refractivity contribution in [1.82, 2.24) is 0 Å². The smallest absolute Gasteiger partial charge is 0.278 e. The van der Waals surface area contributed by atoms with Crippen LogP contribution in [0, 0.1) is 0 Å². The highest BCUT2D eigenvalue weighted by Crippen LogP contribution is 2.70. The lowest BCUT2D eigenvalue weighted by Gasteiger charge is -2.40. The van der Waals surface area contributed by atoms with Gasteiger partial charge in [0, 0.05) is 17.9 Å². The fourth-order valence-electron chi connectivity index (χ4n) is 6.12. The van der Waals surface area contributed by atoms with Crippen molar-refractivity contribution in [3.05, 3.63) is 84.1 Å². The van der Waals surface area contributed by atoms with Crippen molar-refractivity contribution in [2.75, 3.05) is 30.0 Å². The van der Waals surface area contributed by atoms with Crippen molar-refractivity contribution in [3.8, 4) is 5.75 Å². The Balaban J connectivity index is 1.88. The van der Waals surface area contributed by atoms with E-state index in [0.29, 0.717) is 23.6 Å². The van der Waals surface area contributed by atoms with Crippen LogP contribution in [0.3, 0.4) is 0 Å². The molecule has 232 valence electrons. The standard InChI is InChI=1S/C34H51O5P2S/c1-7-12-22-33-28(6)31-20-14-15-21-32(31)39-40(33,11-5)24-26-42(36,37)27-25-41(35,38-30(10-4)18-9-3)34-23-16-13-19-29(34)17-8-2/h7,13-16,18-21,23,28,33H,1,8-12,17,22,24-27H2,2-6H3/q+1. The van der Waals surface area contributed by atoms with Crippen LogP contribution in [0.4, 0.5) is 0 Å². The number of fused-ring (bicyclic) bond motifs is 1. The molecule has 4 unspecified atom stereocenters. The van der Waals surface area contributed by atoms with Gasteiger partial charge in [-0.2, -0.15) is 0 Å². The number of hydrogen-bond donors (Lipinski definition) is 0. The van der Waals surface area contributed by atoms with Crippen molar-refractivity contribution in [1.29, 1.82) is 0 Å². The van der Waals surface area contributed by atoms with Crippen LogP contribution in [0.1, 0.15) is 83.8 Å². The second kappa shape index (κ2) is 15.7. The van der Waals surface area contributed by atoms with E-state index in [1.165, 1.54) is 5.56 Å². The molecule has 0 aromatic heterocycles. The van der Waals surface area contributed by atoms with Gasteiger partial charge in [0.15, 0.2) is 23.1 Å². The predicted molar refractivity (Wildman–Crippen MR) is 182 cm³/mol. The zero-order chi connectivity index (χ0) is 30.8. The van der Waals surface area contributed by atoms with Crippen LogP contribution in [0.15, 0.2) is 73.0 Å². The van der Waals surface area contributed by atoms with Crippen molar-refractivity contribution >= 4 is 30.0 Å². The molecule has 1 aliphatic heterocycles. The van der Waals surface area contributed by atoms with E-state index in [0.717, 1.165) is 49.6 Å². The molecular formula is C34H51O5P2S+. The maximum Gasteiger partial charge on any atom is 0.278 e. The summed E-state index contributed by atoms with van der Waals surface area (Å²) >= 11 is 0. The van der Waals surface area contributed by atoms with Crippen LogP contribution in [0.5, 0.6) is 5.75 Å². The lowest BCUT2D eigenvalue weighted by Crippen LogP contribution is -2.34. The molecule has 0 saturated carbocycles. The third-order valence-electron chi connectivity index (χ3n) is 8.47. The van der Waals surface area contributed by atoms with Gasteiger partial charge in [0.1, 0.15) is 11.8 Å². The van der Waals surface area contributed by atoms with Crippen molar-refractivity contribution in [3.63, 3.8) is 0 Å². The summed E-state index contributed by atoms with van der Waals surface area (Å²) in [5, 5.41) is 0.653. The molecule has 1 aliphatic rings. The molecule has 5 nitrogen and oxygen atoms in total. The van der Waals surface area contributed by atoms with Gasteiger partial charge < -0.3 is 9.05 Å². The van der Waals surface area contributed by atoms with Gasteiger partial charge in [-0.05, 0) is 56.4 Å². The number of benzene rings is 2. The monoisotopic (exact) mass is 633 g/mol. The molecule has 0 bridgehead atoms. The Morgan fingerprint density at radius 2 is 1.79 bits per heavy atom. The van der Waals surface area contributed by atoms with Gasteiger partial charge in [-0.3, -0.25) is 4.57 Å². The molecule has 4 atom stereocenters. The van der Waals surface area contributed by atoms with E-state index < -0.39 is 24.7 Å². The topological polar surface area (TPSA) is 69.7 Å². The average molecular weight is 634 g/mol. The Morgan fingerprint density at radius 1 is 1.07 bits per heavy atom. The molecule has 8 heteroatoms. The maximum absolute atomic E-state index is 14.6. The summed E-state index contributed by atoms with van der Waals surface area (Å²) in [7, 11) is -9.12. The summed E-state index contributed by atoms with van der Waals surface area (Å²) in [6.45, 7) is 14.4. The normalized spacial score (nSPS) is 22.1. The first-order valence-electron chi connectivity index (χ1n) is 15.6. The summed E-state index contributed by atoms with van der Waals surface area (Å²) in [6, 6.07) is 15.8. The second-order valence-electron chi connectivity index (χ2n) is 11.3. The zero-order valence-corrected chi connectivity index (χ0v) is 28.9. The first-order chi connectivity index (χ1) is 20.1. The van der Waals surface area contributed by atoms with Crippen LogP contribution in [0.25, 0.3) is 0 Å². The quantitative estimate of drug-likeness (QED) is 0.0987. The fraction of sp³-hybridized carbons (Fsp3) is 0.529. The highest BCUT2D eigenvalue weighted by molar-refractivity contribution is 7.92. The summed E-state index contributed by atoms with van der Waals surface area (Å²) in [5.41, 5.74) is 2.44. The van der Waals surface area contributed by atoms with Crippen LogP contribution in [0.2, 0.25) is 0 Å². The van der Waals surface area contributed by atoms with Gasteiger partial charge in [-0.15, -0.1) is 6.58 Å². The fourth-order valence-corrected chi connectivity index (χ4v) is 16.3. The predicted octanol–water partition coefficient (Wildman–Crippen LogP) is 9.16. The van der Waals surface area contributed by atoms with Crippen molar-refractivity contribution < 1.29 is 22.0 Å². The molecule has 3 rings (SSSR count). The Bertz CT molecular complexity index is 1370. The van der Waals surface area contributed by atoms with Crippen molar-refractivity contribution in [2.45, 2.75) is 84.7 Å². The van der Waals surface area contributed by atoms with E-state index in [4.69, 9.17) is 9.05 Å². The van der Waals surface area contributed by atoms with Gasteiger partial charge >= 0.3 is 0 Å². The second-order valence-corrected chi connectivity index (χ2v) is 19.9. The third kappa shape index (κ3) is 8.40. The summed E-state index contributed by atoms with van der Waals surface area (Å²) < 4.78 is 55.1. The Hall–Kier alpha value is -1.87. The molecule has 0 amide bonds. The Kier molecular flexibility index (Phi) is 13.0. The highest BCUT2D eigenvalue weighted by Gasteiger charge is 2.54. The summed E-state index contributed by atoms with van der Waals surface area (Å²) in [5.74, 6) is 1.69. The first-order valence-corrected chi connectivity index (χ1v) is 21.4. The van der Waals surface area contributed by atoms with Crippen molar-refractivity contribution in [2.24, 2.45) is 0 Å². The van der Waals surface area contributed by atoms with Gasteiger partial charge in [0.25, 0.3) is 7.37 Å². The van der Waals surface area contributed by atoms with Crippen LogP contribution >= 0.6 is 14.9 Å². The number of para-hydroxylation sites is 1. The lowest BCUT2D eigenvalue weighted by atomic mass is 9.94. The molecule has 0 saturated heterocycles. The number of rotatable bonds is 17. The zero-order valence-electron chi connectivity index (χ0n) is 26.3. The molecule has 0 fully saturated rings. The van der Waals surface area contributed by atoms with E-state index in [1.807, 2.05) is 68.5 Å². The molecule has 42 heavy (non-hydrogen) atoms. The minimum atomic E-state index is -3.53. The molecule has 2 aromatic rings. The highest BCUT2D eigenvalue weighted by atomic mass is 32.2. The van der Waals surface area contributed by atoms with E-state index in [2.05, 4.69) is 33.4 Å². The van der Waals surface area contributed by atoms with Crippen LogP contribution in [-0.2, 0) is 25.3 Å². The third-order valence-corrected chi connectivity index (χ3v) is 17.8. The first kappa shape index (κ1) is 34.6. The molecular weight excluding hydrogens is 582 g/mol. The van der Waals surface area contributed by atoms with Gasteiger partial charge in [-0.1, -0.05) is 76.6 Å². The molecule has 0 N–H and O–H groups in total. The average Bonchev–Trinajstić information content (AvgIpc) is 2.99. The summed E-state index contributed by atoms with van der Waals surface area (Å²) in [6.07, 6.45) is 10.0. The molecule has 1 heterocycles. The summed E-state index contributed by atoms with van der Waals surface area (Å²) in [4.78, 5) is 0. The number of sulfone groups is 1. The lowest BCUT2D eigenvalue weighted by molar-refractivity contribution is 0.398. The van der Waals surface area contributed by atoms with E-state index in [9.17, 15) is 13.0 Å². The SMILES string of the molecule is C=CCCC1C(C)c2ccccc2O[P+]1(CC)CCS(=O)(=O)CCP(=O)(OC(=CCC)CC)c1ccccc1CCC. The number of hydrogen-bond acceptors (Lipinski definition) is 5. The van der Waals surface area contributed by atoms with Gasteiger partial charge in [0.2, 0.25) is 0 Å². The molecule has 0 radical (unpaired) electrons. The Labute approximate surface area is 256 Å². The molecule has 0 spiro atoms. The minimum Gasteiger partial charge on any atom is -0.445 e. The Morgan fingerprint density at radius 3 is 2.45 bits per heavy atom. The largest absolute Gasteiger partial charge is 0.445 e. The van der Waals surface area contributed by atoms with E-state index >= 15 is 0 Å². The van der Waals surface area contributed by atoms with E-state index in [-0.39, 0.29) is 29.2 Å².